The van der Waals surface area contributed by atoms with Crippen molar-refractivity contribution in [2.45, 2.75) is 38.1 Å². The highest BCUT2D eigenvalue weighted by Crippen LogP contribution is 2.38. The van der Waals surface area contributed by atoms with Crippen LogP contribution in [0.3, 0.4) is 0 Å². The zero-order chi connectivity index (χ0) is 17.5. The van der Waals surface area contributed by atoms with Gasteiger partial charge in [-0.1, -0.05) is 6.42 Å². The molecule has 2 unspecified atom stereocenters. The largest absolute Gasteiger partial charge is 0.493 e. The van der Waals surface area contributed by atoms with E-state index in [4.69, 9.17) is 19.9 Å². The summed E-state index contributed by atoms with van der Waals surface area (Å²) in [6, 6.07) is 3.99. The van der Waals surface area contributed by atoms with E-state index >= 15 is 0 Å². The fourth-order valence-electron chi connectivity index (χ4n) is 3.33. The Kier molecular flexibility index (Phi) is 6.73. The number of carbonyl (C=O) groups is 1. The zero-order valence-electron chi connectivity index (χ0n) is 14.8. The highest BCUT2D eigenvalue weighted by molar-refractivity contribution is 5.76. The molecule has 134 valence electrons. The lowest BCUT2D eigenvalue weighted by molar-refractivity contribution is -0.122. The normalized spacial score (nSPS) is 19.8. The number of nitrogens with one attached hydrogen (secondary N) is 1. The van der Waals surface area contributed by atoms with Crippen LogP contribution >= 0.6 is 0 Å². The number of aryl methyl sites for hydroxylation is 1. The summed E-state index contributed by atoms with van der Waals surface area (Å²) >= 11 is 0. The predicted molar refractivity (Wildman–Crippen MR) is 92.7 cm³/mol. The van der Waals surface area contributed by atoms with Crippen molar-refractivity contribution in [3.63, 3.8) is 0 Å². The molecule has 1 fully saturated rings. The van der Waals surface area contributed by atoms with Crippen molar-refractivity contribution in [1.29, 1.82) is 0 Å². The van der Waals surface area contributed by atoms with Crippen molar-refractivity contribution >= 4 is 5.91 Å². The van der Waals surface area contributed by atoms with Crippen molar-refractivity contribution in [1.82, 2.24) is 5.32 Å². The van der Waals surface area contributed by atoms with Crippen LogP contribution in [0.2, 0.25) is 0 Å². The van der Waals surface area contributed by atoms with Gasteiger partial charge in [-0.25, -0.2) is 0 Å². The van der Waals surface area contributed by atoms with Gasteiger partial charge in [-0.2, -0.15) is 0 Å². The fourth-order valence-corrected chi connectivity index (χ4v) is 3.33. The summed E-state index contributed by atoms with van der Waals surface area (Å²) in [6.07, 6.45) is 4.31. The number of hydrogen-bond donors (Lipinski definition) is 2. The number of hydrogen-bond acceptors (Lipinski definition) is 5. The van der Waals surface area contributed by atoms with E-state index in [0.717, 1.165) is 24.8 Å². The van der Waals surface area contributed by atoms with Crippen molar-refractivity contribution in [3.8, 4) is 17.2 Å². The van der Waals surface area contributed by atoms with Crippen LogP contribution in [0.1, 0.15) is 31.2 Å². The van der Waals surface area contributed by atoms with E-state index in [1.54, 1.807) is 21.3 Å². The number of benzene rings is 1. The third kappa shape index (κ3) is 4.32. The summed E-state index contributed by atoms with van der Waals surface area (Å²) in [6.45, 7) is 0.637. The van der Waals surface area contributed by atoms with Gasteiger partial charge in [0.15, 0.2) is 11.5 Å². The second kappa shape index (κ2) is 8.78. The molecule has 0 heterocycles. The van der Waals surface area contributed by atoms with E-state index in [-0.39, 0.29) is 11.9 Å². The van der Waals surface area contributed by atoms with Crippen molar-refractivity contribution in [3.05, 3.63) is 17.7 Å². The van der Waals surface area contributed by atoms with Gasteiger partial charge in [-0.05, 0) is 49.4 Å². The Morgan fingerprint density at radius 2 is 1.83 bits per heavy atom. The zero-order valence-corrected chi connectivity index (χ0v) is 14.8. The fraction of sp³-hybridized carbons (Fsp3) is 0.611. The number of carbonyl (C=O) groups excluding carboxylic acids is 1. The first-order valence-corrected chi connectivity index (χ1v) is 8.41. The molecule has 1 amide bonds. The topological polar surface area (TPSA) is 82.8 Å². The van der Waals surface area contributed by atoms with Crippen LogP contribution in [-0.2, 0) is 11.2 Å². The minimum absolute atomic E-state index is 0.0640. The van der Waals surface area contributed by atoms with E-state index < -0.39 is 0 Å². The van der Waals surface area contributed by atoms with E-state index in [1.807, 2.05) is 12.1 Å². The van der Waals surface area contributed by atoms with E-state index in [9.17, 15) is 4.79 Å². The lowest BCUT2D eigenvalue weighted by atomic mass is 10.0. The standard InChI is InChI=1S/C18H28N2O4/c1-22-15-9-12(10-16(23-2)18(15)24-3)7-8-17(21)20-14-6-4-5-13(14)11-19/h9-10,13-14H,4-8,11,19H2,1-3H3,(H,20,21). The van der Waals surface area contributed by atoms with Crippen molar-refractivity contribution in [2.75, 3.05) is 27.9 Å². The molecule has 1 aliphatic carbocycles. The average Bonchev–Trinajstić information content (AvgIpc) is 3.05. The van der Waals surface area contributed by atoms with Crippen molar-refractivity contribution < 1.29 is 19.0 Å². The molecule has 0 aliphatic heterocycles. The van der Waals surface area contributed by atoms with Gasteiger partial charge in [0, 0.05) is 12.5 Å². The Hall–Kier alpha value is -1.95. The Bertz CT molecular complexity index is 537. The number of rotatable bonds is 8. The SMILES string of the molecule is COc1cc(CCC(=O)NC2CCCC2CN)cc(OC)c1OC. The third-order valence-electron chi connectivity index (χ3n) is 4.67. The maximum atomic E-state index is 12.2. The highest BCUT2D eigenvalue weighted by atomic mass is 16.5. The summed E-state index contributed by atoms with van der Waals surface area (Å²) < 4.78 is 16.0. The molecular weight excluding hydrogens is 308 g/mol. The van der Waals surface area contributed by atoms with Gasteiger partial charge in [-0.15, -0.1) is 0 Å². The first-order chi connectivity index (χ1) is 11.6. The van der Waals surface area contributed by atoms with Crippen LogP contribution in [0.25, 0.3) is 0 Å². The quantitative estimate of drug-likeness (QED) is 0.757. The second-order valence-electron chi connectivity index (χ2n) is 6.13. The second-order valence-corrected chi connectivity index (χ2v) is 6.13. The van der Waals surface area contributed by atoms with Crippen LogP contribution in [0.15, 0.2) is 12.1 Å². The average molecular weight is 336 g/mol. The molecule has 0 aromatic heterocycles. The summed E-state index contributed by atoms with van der Waals surface area (Å²) in [5.41, 5.74) is 6.74. The first kappa shape index (κ1) is 18.4. The maximum Gasteiger partial charge on any atom is 0.220 e. The number of methoxy groups -OCH3 is 3. The van der Waals surface area contributed by atoms with E-state index in [0.29, 0.717) is 42.6 Å². The van der Waals surface area contributed by atoms with Crippen LogP contribution in [0.4, 0.5) is 0 Å². The third-order valence-corrected chi connectivity index (χ3v) is 4.67. The molecule has 24 heavy (non-hydrogen) atoms. The summed E-state index contributed by atoms with van der Waals surface area (Å²) in [5, 5.41) is 3.12. The van der Waals surface area contributed by atoms with Gasteiger partial charge in [0.05, 0.1) is 21.3 Å². The van der Waals surface area contributed by atoms with Crippen molar-refractivity contribution in [2.24, 2.45) is 11.7 Å². The smallest absolute Gasteiger partial charge is 0.220 e. The molecule has 1 saturated carbocycles. The lowest BCUT2D eigenvalue weighted by Crippen LogP contribution is -2.39. The van der Waals surface area contributed by atoms with Crippen LogP contribution < -0.4 is 25.3 Å². The van der Waals surface area contributed by atoms with E-state index in [1.165, 1.54) is 0 Å². The molecule has 1 aromatic rings. The molecule has 1 aromatic carbocycles. The monoisotopic (exact) mass is 336 g/mol. The van der Waals surface area contributed by atoms with Gasteiger partial charge < -0.3 is 25.3 Å². The Morgan fingerprint density at radius 3 is 2.38 bits per heavy atom. The van der Waals surface area contributed by atoms with Gasteiger partial charge >= 0.3 is 0 Å². The Balaban J connectivity index is 1.97. The molecule has 2 rings (SSSR count). The maximum absolute atomic E-state index is 12.2. The number of amides is 1. The first-order valence-electron chi connectivity index (χ1n) is 8.41. The highest BCUT2D eigenvalue weighted by Gasteiger charge is 2.27. The molecule has 0 radical (unpaired) electrons. The molecule has 6 heteroatoms. The lowest BCUT2D eigenvalue weighted by Gasteiger charge is -2.19. The van der Waals surface area contributed by atoms with Gasteiger partial charge in [-0.3, -0.25) is 4.79 Å². The number of ether oxygens (including phenoxy) is 3. The molecule has 0 saturated heterocycles. The Labute approximate surface area is 143 Å². The van der Waals surface area contributed by atoms with Gasteiger partial charge in [0.1, 0.15) is 0 Å². The van der Waals surface area contributed by atoms with Gasteiger partial charge in [0.25, 0.3) is 0 Å². The Morgan fingerprint density at radius 1 is 1.17 bits per heavy atom. The van der Waals surface area contributed by atoms with Gasteiger partial charge in [0.2, 0.25) is 11.7 Å². The molecule has 3 N–H and O–H groups in total. The summed E-state index contributed by atoms with van der Waals surface area (Å²) in [5.74, 6) is 2.24. The van der Waals surface area contributed by atoms with Crippen LogP contribution in [0.5, 0.6) is 17.2 Å². The number of nitrogens with two attached hydrogens (primary N) is 1. The molecular formula is C18H28N2O4. The van der Waals surface area contributed by atoms with Crippen LogP contribution in [-0.4, -0.2) is 39.8 Å². The molecule has 2 atom stereocenters. The molecule has 1 aliphatic rings. The molecule has 0 spiro atoms. The minimum atomic E-state index is 0.0640. The molecule has 0 bridgehead atoms. The van der Waals surface area contributed by atoms with E-state index in [2.05, 4.69) is 5.32 Å². The van der Waals surface area contributed by atoms with Crippen LogP contribution in [0, 0.1) is 5.92 Å². The summed E-state index contributed by atoms with van der Waals surface area (Å²) in [4.78, 5) is 12.2. The minimum Gasteiger partial charge on any atom is -0.493 e. The summed E-state index contributed by atoms with van der Waals surface area (Å²) in [7, 11) is 4.74. The predicted octanol–water partition coefficient (Wildman–Crippen LogP) is 1.89. The molecule has 6 nitrogen and oxygen atoms in total.